The van der Waals surface area contributed by atoms with Crippen LogP contribution in [0.25, 0.3) is 17.1 Å². The number of ketones is 1. The SMILES string of the molecule is COc1ccccc1-c1nnc(SCC(=O)c2ccc3c(c2)OCCO3)n1-c1ccc(Cl)cc1. The van der Waals surface area contributed by atoms with Crippen LogP contribution in [0, 0.1) is 0 Å². The van der Waals surface area contributed by atoms with E-state index in [9.17, 15) is 4.79 Å². The predicted molar refractivity (Wildman–Crippen MR) is 131 cm³/mol. The minimum absolute atomic E-state index is 0.0496. The summed E-state index contributed by atoms with van der Waals surface area (Å²) in [4.78, 5) is 13.0. The van der Waals surface area contributed by atoms with Gasteiger partial charge in [0, 0.05) is 16.3 Å². The number of benzene rings is 3. The standard InChI is InChI=1S/C25H20ClN3O4S/c1-31-21-5-3-2-4-19(21)24-27-28-25(29(24)18-9-7-17(26)8-10-18)34-15-20(30)16-6-11-22-23(14-16)33-13-12-32-22/h2-11,14H,12-13,15H2,1H3. The van der Waals surface area contributed by atoms with E-state index in [-0.39, 0.29) is 11.5 Å². The zero-order chi connectivity index (χ0) is 23.5. The Morgan fingerprint density at radius 2 is 1.79 bits per heavy atom. The van der Waals surface area contributed by atoms with Gasteiger partial charge >= 0.3 is 0 Å². The zero-order valence-corrected chi connectivity index (χ0v) is 19.8. The van der Waals surface area contributed by atoms with Crippen molar-refractivity contribution in [1.29, 1.82) is 0 Å². The third kappa shape index (κ3) is 4.47. The molecule has 7 nitrogen and oxygen atoms in total. The summed E-state index contributed by atoms with van der Waals surface area (Å²) in [7, 11) is 1.61. The molecular formula is C25H20ClN3O4S. The molecule has 0 N–H and O–H groups in total. The van der Waals surface area contributed by atoms with E-state index in [1.807, 2.05) is 41.0 Å². The van der Waals surface area contributed by atoms with Gasteiger partial charge in [-0.15, -0.1) is 10.2 Å². The number of methoxy groups -OCH3 is 1. The Hall–Kier alpha value is -3.49. The van der Waals surface area contributed by atoms with E-state index in [1.165, 1.54) is 11.8 Å². The van der Waals surface area contributed by atoms with E-state index in [4.69, 9.17) is 25.8 Å². The van der Waals surface area contributed by atoms with E-state index in [2.05, 4.69) is 10.2 Å². The Balaban J connectivity index is 1.46. The van der Waals surface area contributed by atoms with Crippen molar-refractivity contribution in [3.05, 3.63) is 77.3 Å². The number of carbonyl (C=O) groups is 1. The Bertz CT molecular complexity index is 1340. The van der Waals surface area contributed by atoms with E-state index in [0.717, 1.165) is 11.3 Å². The second-order valence-corrected chi connectivity index (χ2v) is 8.77. The van der Waals surface area contributed by atoms with E-state index < -0.39 is 0 Å². The number of para-hydroxylation sites is 1. The van der Waals surface area contributed by atoms with Crippen molar-refractivity contribution in [2.24, 2.45) is 0 Å². The fraction of sp³-hybridized carbons (Fsp3) is 0.160. The molecule has 0 radical (unpaired) electrons. The maximum Gasteiger partial charge on any atom is 0.196 e. The second-order valence-electron chi connectivity index (χ2n) is 7.39. The highest BCUT2D eigenvalue weighted by Gasteiger charge is 2.21. The minimum Gasteiger partial charge on any atom is -0.496 e. The molecule has 34 heavy (non-hydrogen) atoms. The third-order valence-electron chi connectivity index (χ3n) is 5.26. The lowest BCUT2D eigenvalue weighted by atomic mass is 10.1. The molecule has 0 atom stereocenters. The normalized spacial score (nSPS) is 12.4. The molecule has 5 rings (SSSR count). The van der Waals surface area contributed by atoms with Crippen molar-refractivity contribution in [2.45, 2.75) is 5.16 Å². The molecule has 0 spiro atoms. The number of thioether (sulfide) groups is 1. The van der Waals surface area contributed by atoms with Gasteiger partial charge in [0.05, 0.1) is 18.4 Å². The van der Waals surface area contributed by atoms with Gasteiger partial charge in [-0.1, -0.05) is 35.5 Å². The van der Waals surface area contributed by atoms with Crippen LogP contribution in [-0.4, -0.2) is 46.6 Å². The van der Waals surface area contributed by atoms with Crippen molar-refractivity contribution in [3.63, 3.8) is 0 Å². The quantitative estimate of drug-likeness (QED) is 0.254. The molecule has 172 valence electrons. The van der Waals surface area contributed by atoms with Crippen molar-refractivity contribution >= 4 is 29.1 Å². The number of ether oxygens (including phenoxy) is 3. The highest BCUT2D eigenvalue weighted by atomic mass is 35.5. The highest BCUT2D eigenvalue weighted by Crippen LogP contribution is 2.34. The molecule has 1 aliphatic rings. The van der Waals surface area contributed by atoms with Crippen molar-refractivity contribution in [1.82, 2.24) is 14.8 Å². The lowest BCUT2D eigenvalue weighted by Crippen LogP contribution is -2.16. The first kappa shape index (κ1) is 22.3. The number of Topliss-reactive ketones (excluding diaryl/α,β-unsaturated/α-hetero) is 1. The first-order valence-electron chi connectivity index (χ1n) is 10.5. The van der Waals surface area contributed by atoms with Gasteiger partial charge in [-0.05, 0) is 54.6 Å². The number of halogens is 1. The molecule has 3 aromatic carbocycles. The van der Waals surface area contributed by atoms with Crippen molar-refractivity contribution < 1.29 is 19.0 Å². The van der Waals surface area contributed by atoms with Gasteiger partial charge < -0.3 is 14.2 Å². The largest absolute Gasteiger partial charge is 0.496 e. The molecule has 9 heteroatoms. The molecule has 1 aromatic heterocycles. The maximum atomic E-state index is 13.0. The Kier molecular flexibility index (Phi) is 6.42. The average molecular weight is 494 g/mol. The van der Waals surface area contributed by atoms with Crippen LogP contribution < -0.4 is 14.2 Å². The topological polar surface area (TPSA) is 75.5 Å². The Morgan fingerprint density at radius 3 is 2.59 bits per heavy atom. The lowest BCUT2D eigenvalue weighted by Gasteiger charge is -2.18. The van der Waals surface area contributed by atoms with Gasteiger partial charge in [0.2, 0.25) is 0 Å². The van der Waals surface area contributed by atoms with Crippen LogP contribution in [0.3, 0.4) is 0 Å². The molecule has 0 amide bonds. The summed E-state index contributed by atoms with van der Waals surface area (Å²) in [6.45, 7) is 0.973. The van der Waals surface area contributed by atoms with Gasteiger partial charge in [0.25, 0.3) is 0 Å². The van der Waals surface area contributed by atoms with Crippen molar-refractivity contribution in [2.75, 3.05) is 26.1 Å². The minimum atomic E-state index is -0.0496. The molecule has 0 saturated heterocycles. The lowest BCUT2D eigenvalue weighted by molar-refractivity contribution is 0.102. The number of rotatable bonds is 7. The van der Waals surface area contributed by atoms with Crippen LogP contribution in [0.1, 0.15) is 10.4 Å². The van der Waals surface area contributed by atoms with Crippen LogP contribution >= 0.6 is 23.4 Å². The molecule has 0 unspecified atom stereocenters. The number of carbonyl (C=O) groups excluding carboxylic acids is 1. The molecule has 0 fully saturated rings. The van der Waals surface area contributed by atoms with Crippen LogP contribution in [0.4, 0.5) is 0 Å². The van der Waals surface area contributed by atoms with Gasteiger partial charge in [-0.3, -0.25) is 9.36 Å². The summed E-state index contributed by atoms with van der Waals surface area (Å²) in [6, 6.07) is 20.2. The smallest absolute Gasteiger partial charge is 0.196 e. The van der Waals surface area contributed by atoms with Crippen LogP contribution in [-0.2, 0) is 0 Å². The molecule has 0 aliphatic carbocycles. The summed E-state index contributed by atoms with van der Waals surface area (Å²) < 4.78 is 18.6. The number of hydrogen-bond acceptors (Lipinski definition) is 7. The number of aromatic nitrogens is 3. The molecule has 1 aliphatic heterocycles. The molecule has 4 aromatic rings. The summed E-state index contributed by atoms with van der Waals surface area (Å²) in [5, 5.41) is 10.0. The number of fused-ring (bicyclic) bond motifs is 1. The summed E-state index contributed by atoms with van der Waals surface area (Å²) in [6.07, 6.45) is 0. The molecule has 2 heterocycles. The van der Waals surface area contributed by atoms with Crippen molar-refractivity contribution in [3.8, 4) is 34.3 Å². The van der Waals surface area contributed by atoms with Crippen LogP contribution in [0.5, 0.6) is 17.2 Å². The van der Waals surface area contributed by atoms with Crippen LogP contribution in [0.15, 0.2) is 71.9 Å². The first-order chi connectivity index (χ1) is 16.6. The average Bonchev–Trinajstić information content (AvgIpc) is 3.31. The predicted octanol–water partition coefficient (Wildman–Crippen LogP) is 5.34. The summed E-state index contributed by atoms with van der Waals surface area (Å²) in [5.41, 5.74) is 2.17. The van der Waals surface area contributed by atoms with Gasteiger partial charge in [-0.2, -0.15) is 0 Å². The number of hydrogen-bond donors (Lipinski definition) is 0. The Morgan fingerprint density at radius 1 is 1.03 bits per heavy atom. The monoisotopic (exact) mass is 493 g/mol. The van der Waals surface area contributed by atoms with Crippen LogP contribution in [0.2, 0.25) is 5.02 Å². The molecule has 0 bridgehead atoms. The van der Waals surface area contributed by atoms with Gasteiger partial charge in [0.1, 0.15) is 19.0 Å². The van der Waals surface area contributed by atoms with Gasteiger partial charge in [-0.25, -0.2) is 0 Å². The second kappa shape index (κ2) is 9.79. The number of nitrogens with zero attached hydrogens (tertiary/aromatic N) is 3. The van der Waals surface area contributed by atoms with E-state index in [1.54, 1.807) is 37.4 Å². The molecular weight excluding hydrogens is 474 g/mol. The zero-order valence-electron chi connectivity index (χ0n) is 18.2. The van der Waals surface area contributed by atoms with Gasteiger partial charge in [0.15, 0.2) is 28.3 Å². The van der Waals surface area contributed by atoms with E-state index in [0.29, 0.717) is 52.0 Å². The summed E-state index contributed by atoms with van der Waals surface area (Å²) in [5.74, 6) is 2.65. The highest BCUT2D eigenvalue weighted by molar-refractivity contribution is 7.99. The van der Waals surface area contributed by atoms with E-state index >= 15 is 0 Å². The summed E-state index contributed by atoms with van der Waals surface area (Å²) >= 11 is 7.42. The third-order valence-corrected chi connectivity index (χ3v) is 6.44. The Labute approximate surface area is 205 Å². The first-order valence-corrected chi connectivity index (χ1v) is 11.9. The fourth-order valence-electron chi connectivity index (χ4n) is 3.62. The fourth-order valence-corrected chi connectivity index (χ4v) is 4.59. The molecule has 0 saturated carbocycles. The maximum absolute atomic E-state index is 13.0.